The molecular formula is C17H13ClF3N3O. The zero-order valence-corrected chi connectivity index (χ0v) is 13.8. The number of aryl methyl sites for hydroxylation is 1. The number of carbonyl (C=O) groups is 1. The number of benzene rings is 2. The molecule has 4 nitrogen and oxygen atoms in total. The Morgan fingerprint density at radius 3 is 2.64 bits per heavy atom. The molecule has 0 aliphatic heterocycles. The van der Waals surface area contributed by atoms with E-state index in [-0.39, 0.29) is 11.0 Å². The predicted molar refractivity (Wildman–Crippen MR) is 89.6 cm³/mol. The Morgan fingerprint density at radius 2 is 1.96 bits per heavy atom. The number of anilines is 1. The summed E-state index contributed by atoms with van der Waals surface area (Å²) in [7, 11) is 0. The van der Waals surface area contributed by atoms with Crippen LogP contribution in [0.25, 0.3) is 11.0 Å². The first-order valence-corrected chi connectivity index (χ1v) is 7.72. The number of alkyl halides is 3. The standard InChI is InChI=1S/C17H13ClF3N3O/c1-10-6-7-11(8-12(10)18)22-15(25)9-24-14-5-3-2-4-13(14)23-16(24)17(19,20)21/h2-8H,9H2,1H3,(H,22,25). The summed E-state index contributed by atoms with van der Waals surface area (Å²) in [5.41, 5.74) is 1.67. The lowest BCUT2D eigenvalue weighted by Crippen LogP contribution is -2.23. The molecule has 2 aromatic carbocycles. The van der Waals surface area contributed by atoms with Crippen LogP contribution in [0, 0.1) is 6.92 Å². The number of halogens is 4. The van der Waals surface area contributed by atoms with Crippen LogP contribution in [-0.2, 0) is 17.5 Å². The van der Waals surface area contributed by atoms with Gasteiger partial charge in [0.2, 0.25) is 11.7 Å². The number of amides is 1. The van der Waals surface area contributed by atoms with Crippen LogP contribution in [0.3, 0.4) is 0 Å². The van der Waals surface area contributed by atoms with Crippen LogP contribution >= 0.6 is 11.6 Å². The van der Waals surface area contributed by atoms with Gasteiger partial charge >= 0.3 is 6.18 Å². The summed E-state index contributed by atoms with van der Waals surface area (Å²) in [5.74, 6) is -1.71. The van der Waals surface area contributed by atoms with E-state index in [1.165, 1.54) is 12.1 Å². The molecule has 0 radical (unpaired) electrons. The number of fused-ring (bicyclic) bond motifs is 1. The molecule has 25 heavy (non-hydrogen) atoms. The summed E-state index contributed by atoms with van der Waals surface area (Å²) in [6.45, 7) is 1.29. The van der Waals surface area contributed by atoms with Gasteiger partial charge in [0.05, 0.1) is 11.0 Å². The van der Waals surface area contributed by atoms with Gasteiger partial charge in [0.1, 0.15) is 6.54 Å². The Kier molecular flexibility index (Phi) is 4.43. The highest BCUT2D eigenvalue weighted by atomic mass is 35.5. The molecule has 0 saturated heterocycles. The molecule has 0 saturated carbocycles. The SMILES string of the molecule is Cc1ccc(NC(=O)Cn2c(C(F)(F)F)nc3ccccc32)cc1Cl. The first-order chi connectivity index (χ1) is 11.8. The van der Waals surface area contributed by atoms with E-state index < -0.39 is 24.5 Å². The van der Waals surface area contributed by atoms with E-state index in [0.29, 0.717) is 10.7 Å². The Hall–Kier alpha value is -2.54. The van der Waals surface area contributed by atoms with E-state index in [1.54, 1.807) is 37.3 Å². The second-order valence-electron chi connectivity index (χ2n) is 5.52. The first-order valence-electron chi connectivity index (χ1n) is 7.34. The third-order valence-corrected chi connectivity index (χ3v) is 4.07. The van der Waals surface area contributed by atoms with Gasteiger partial charge in [-0.15, -0.1) is 0 Å². The highest BCUT2D eigenvalue weighted by Crippen LogP contribution is 2.31. The van der Waals surface area contributed by atoms with Crippen molar-refractivity contribution in [3.8, 4) is 0 Å². The Morgan fingerprint density at radius 1 is 1.24 bits per heavy atom. The van der Waals surface area contributed by atoms with Crippen molar-refractivity contribution < 1.29 is 18.0 Å². The highest BCUT2D eigenvalue weighted by molar-refractivity contribution is 6.31. The average molecular weight is 368 g/mol. The predicted octanol–water partition coefficient (Wildman–Crippen LogP) is 4.66. The van der Waals surface area contributed by atoms with Gasteiger partial charge in [0.25, 0.3) is 0 Å². The fraction of sp³-hybridized carbons (Fsp3) is 0.176. The molecule has 1 aromatic heterocycles. The lowest BCUT2D eigenvalue weighted by Gasteiger charge is -2.12. The Balaban J connectivity index is 1.91. The van der Waals surface area contributed by atoms with Crippen LogP contribution in [0.5, 0.6) is 0 Å². The van der Waals surface area contributed by atoms with Crippen LogP contribution in [-0.4, -0.2) is 15.5 Å². The molecule has 0 fully saturated rings. The second kappa shape index (κ2) is 6.40. The smallest absolute Gasteiger partial charge is 0.324 e. The minimum atomic E-state index is -4.66. The van der Waals surface area contributed by atoms with Gasteiger partial charge in [-0.3, -0.25) is 4.79 Å². The molecule has 0 bridgehead atoms. The third kappa shape index (κ3) is 3.61. The lowest BCUT2D eigenvalue weighted by atomic mass is 10.2. The number of hydrogen-bond donors (Lipinski definition) is 1. The quantitative estimate of drug-likeness (QED) is 0.732. The fourth-order valence-electron chi connectivity index (χ4n) is 2.47. The monoisotopic (exact) mass is 367 g/mol. The largest absolute Gasteiger partial charge is 0.449 e. The van der Waals surface area contributed by atoms with Crippen molar-refractivity contribution in [1.82, 2.24) is 9.55 Å². The van der Waals surface area contributed by atoms with Crippen molar-refractivity contribution in [1.29, 1.82) is 0 Å². The molecular weight excluding hydrogens is 355 g/mol. The van der Waals surface area contributed by atoms with Gasteiger partial charge in [-0.2, -0.15) is 13.2 Å². The van der Waals surface area contributed by atoms with Gasteiger partial charge in [-0.25, -0.2) is 4.98 Å². The first kappa shape index (κ1) is 17.3. The van der Waals surface area contributed by atoms with E-state index in [4.69, 9.17) is 11.6 Å². The van der Waals surface area contributed by atoms with Gasteiger partial charge in [-0.1, -0.05) is 29.8 Å². The summed E-state index contributed by atoms with van der Waals surface area (Å²) in [5, 5.41) is 3.01. The van der Waals surface area contributed by atoms with Crippen molar-refractivity contribution in [2.24, 2.45) is 0 Å². The van der Waals surface area contributed by atoms with Crippen LogP contribution in [0.4, 0.5) is 18.9 Å². The molecule has 1 amide bonds. The number of para-hydroxylation sites is 2. The molecule has 3 rings (SSSR count). The minimum Gasteiger partial charge on any atom is -0.324 e. The number of nitrogens with one attached hydrogen (secondary N) is 1. The van der Waals surface area contributed by atoms with Gasteiger partial charge in [-0.05, 0) is 36.8 Å². The van der Waals surface area contributed by atoms with Gasteiger partial charge < -0.3 is 9.88 Å². The van der Waals surface area contributed by atoms with Crippen LogP contribution in [0.15, 0.2) is 42.5 Å². The summed E-state index contributed by atoms with van der Waals surface area (Å²) >= 11 is 5.99. The minimum absolute atomic E-state index is 0.181. The Bertz CT molecular complexity index is 950. The summed E-state index contributed by atoms with van der Waals surface area (Å²) in [6, 6.07) is 11.0. The average Bonchev–Trinajstić information content (AvgIpc) is 2.90. The van der Waals surface area contributed by atoms with E-state index in [0.717, 1.165) is 10.1 Å². The number of carbonyl (C=O) groups excluding carboxylic acids is 1. The van der Waals surface area contributed by atoms with Crippen LogP contribution in [0.1, 0.15) is 11.4 Å². The van der Waals surface area contributed by atoms with Crippen molar-refractivity contribution in [3.05, 3.63) is 58.9 Å². The number of rotatable bonds is 3. The molecule has 130 valence electrons. The maximum Gasteiger partial charge on any atom is 0.449 e. The summed E-state index contributed by atoms with van der Waals surface area (Å²) < 4.78 is 40.5. The Labute approximate surface area is 146 Å². The molecule has 0 aliphatic rings. The van der Waals surface area contributed by atoms with Crippen molar-refractivity contribution >= 4 is 34.2 Å². The fourth-order valence-corrected chi connectivity index (χ4v) is 2.65. The lowest BCUT2D eigenvalue weighted by molar-refractivity contribution is -0.147. The zero-order valence-electron chi connectivity index (χ0n) is 13.1. The molecule has 3 aromatic rings. The number of nitrogens with zero attached hydrogens (tertiary/aromatic N) is 2. The molecule has 0 aliphatic carbocycles. The number of imidazole rings is 1. The van der Waals surface area contributed by atoms with E-state index in [1.807, 2.05) is 0 Å². The maximum absolute atomic E-state index is 13.2. The molecule has 8 heteroatoms. The highest BCUT2D eigenvalue weighted by Gasteiger charge is 2.37. The molecule has 0 atom stereocenters. The van der Waals surface area contributed by atoms with Crippen LogP contribution < -0.4 is 5.32 Å². The van der Waals surface area contributed by atoms with Gasteiger partial charge in [0, 0.05) is 10.7 Å². The van der Waals surface area contributed by atoms with E-state index >= 15 is 0 Å². The normalized spacial score (nSPS) is 11.7. The zero-order chi connectivity index (χ0) is 18.2. The second-order valence-corrected chi connectivity index (χ2v) is 5.93. The topological polar surface area (TPSA) is 46.9 Å². The van der Waals surface area contributed by atoms with Crippen LogP contribution in [0.2, 0.25) is 5.02 Å². The summed E-state index contributed by atoms with van der Waals surface area (Å²) in [6.07, 6.45) is -4.66. The third-order valence-electron chi connectivity index (χ3n) is 3.67. The number of aromatic nitrogens is 2. The molecule has 0 unspecified atom stereocenters. The van der Waals surface area contributed by atoms with Crippen molar-refractivity contribution in [3.63, 3.8) is 0 Å². The summed E-state index contributed by atoms with van der Waals surface area (Å²) in [4.78, 5) is 15.8. The maximum atomic E-state index is 13.2. The van der Waals surface area contributed by atoms with E-state index in [9.17, 15) is 18.0 Å². The molecule has 1 heterocycles. The molecule has 1 N–H and O–H groups in total. The van der Waals surface area contributed by atoms with Gasteiger partial charge in [0.15, 0.2) is 0 Å². The van der Waals surface area contributed by atoms with Crippen molar-refractivity contribution in [2.45, 2.75) is 19.6 Å². The number of hydrogen-bond acceptors (Lipinski definition) is 2. The van der Waals surface area contributed by atoms with Crippen molar-refractivity contribution in [2.75, 3.05) is 5.32 Å². The molecule has 0 spiro atoms. The van der Waals surface area contributed by atoms with E-state index in [2.05, 4.69) is 10.3 Å².